The number of nitrogens with one attached hydrogen (secondary N) is 2. The van der Waals surface area contributed by atoms with Crippen LogP contribution in [-0.4, -0.2) is 44.0 Å². The Morgan fingerprint density at radius 1 is 1.10 bits per heavy atom. The fraction of sp³-hybridized carbons (Fsp3) is 0.500. The summed E-state index contributed by atoms with van der Waals surface area (Å²) in [5.41, 5.74) is 2.01. The Morgan fingerprint density at radius 3 is 2.43 bits per heavy atom. The van der Waals surface area contributed by atoms with Crippen LogP contribution in [0.5, 0.6) is 0 Å². The van der Waals surface area contributed by atoms with Gasteiger partial charge in [-0.2, -0.15) is 0 Å². The van der Waals surface area contributed by atoms with E-state index in [1.54, 1.807) is 19.0 Å². The number of thiophene rings is 1. The molecular formula is C24H34N4OS. The number of benzene rings is 1. The van der Waals surface area contributed by atoms with Gasteiger partial charge in [-0.05, 0) is 48.9 Å². The molecule has 0 saturated heterocycles. The standard InChI is InChI=1S/C24H34N4OS/c1-4-25-23(26-17-19-10-12-20(13-11-19)22(29)28(2)3)27-18-24(14-6-5-7-15-24)21-9-8-16-30-21/h8-13,16H,4-7,14-15,17-18H2,1-3H3,(H2,25,26,27). The van der Waals surface area contributed by atoms with E-state index in [9.17, 15) is 4.79 Å². The minimum atomic E-state index is 0.0198. The number of carbonyl (C=O) groups is 1. The number of rotatable bonds is 7. The molecule has 0 bridgehead atoms. The summed E-state index contributed by atoms with van der Waals surface area (Å²) in [5.74, 6) is 0.874. The number of hydrogen-bond donors (Lipinski definition) is 2. The lowest BCUT2D eigenvalue weighted by Gasteiger charge is -2.37. The zero-order valence-corrected chi connectivity index (χ0v) is 19.2. The molecule has 1 aliphatic carbocycles. The normalized spacial score (nSPS) is 16.2. The molecule has 0 radical (unpaired) electrons. The van der Waals surface area contributed by atoms with Gasteiger partial charge in [0, 0.05) is 43.0 Å². The third kappa shape index (κ3) is 5.63. The van der Waals surface area contributed by atoms with Crippen molar-refractivity contribution in [3.63, 3.8) is 0 Å². The van der Waals surface area contributed by atoms with Gasteiger partial charge in [0.15, 0.2) is 5.96 Å². The molecule has 1 aromatic heterocycles. The first-order valence-corrected chi connectivity index (χ1v) is 11.8. The molecule has 0 aliphatic heterocycles. The predicted molar refractivity (Wildman–Crippen MR) is 126 cm³/mol. The second-order valence-electron chi connectivity index (χ2n) is 8.26. The zero-order chi connectivity index (χ0) is 21.4. The number of guanidine groups is 1. The molecule has 2 N–H and O–H groups in total. The molecule has 0 spiro atoms. The van der Waals surface area contributed by atoms with Gasteiger partial charge in [-0.3, -0.25) is 4.79 Å². The summed E-state index contributed by atoms with van der Waals surface area (Å²) in [7, 11) is 3.54. The molecular weight excluding hydrogens is 392 g/mol. The number of nitrogens with zero attached hydrogens (tertiary/aromatic N) is 2. The summed E-state index contributed by atoms with van der Waals surface area (Å²) < 4.78 is 0. The average molecular weight is 427 g/mol. The van der Waals surface area contributed by atoms with E-state index in [0.29, 0.717) is 12.1 Å². The van der Waals surface area contributed by atoms with Gasteiger partial charge in [0.1, 0.15) is 0 Å². The quantitative estimate of drug-likeness (QED) is 0.509. The molecule has 1 saturated carbocycles. The van der Waals surface area contributed by atoms with Gasteiger partial charge in [0.25, 0.3) is 5.91 Å². The van der Waals surface area contributed by atoms with E-state index in [1.807, 2.05) is 35.6 Å². The summed E-state index contributed by atoms with van der Waals surface area (Å²) >= 11 is 1.88. The number of aliphatic imine (C=N–C) groups is 1. The second-order valence-corrected chi connectivity index (χ2v) is 9.21. The van der Waals surface area contributed by atoms with Crippen LogP contribution in [0, 0.1) is 0 Å². The highest BCUT2D eigenvalue weighted by atomic mass is 32.1. The lowest BCUT2D eigenvalue weighted by molar-refractivity contribution is 0.0827. The van der Waals surface area contributed by atoms with Crippen molar-refractivity contribution in [3.8, 4) is 0 Å². The Hall–Kier alpha value is -2.34. The van der Waals surface area contributed by atoms with Gasteiger partial charge in [0.05, 0.1) is 6.54 Å². The molecule has 162 valence electrons. The van der Waals surface area contributed by atoms with Crippen LogP contribution in [-0.2, 0) is 12.0 Å². The molecule has 2 aromatic rings. The third-order valence-electron chi connectivity index (χ3n) is 5.82. The topological polar surface area (TPSA) is 56.7 Å². The molecule has 3 rings (SSSR count). The summed E-state index contributed by atoms with van der Waals surface area (Å²) in [6, 6.07) is 12.2. The zero-order valence-electron chi connectivity index (χ0n) is 18.4. The number of amides is 1. The van der Waals surface area contributed by atoms with Crippen molar-refractivity contribution in [2.75, 3.05) is 27.2 Å². The van der Waals surface area contributed by atoms with E-state index in [0.717, 1.165) is 24.6 Å². The van der Waals surface area contributed by atoms with Gasteiger partial charge in [-0.1, -0.05) is 37.5 Å². The minimum absolute atomic E-state index is 0.0198. The van der Waals surface area contributed by atoms with Crippen LogP contribution in [0.3, 0.4) is 0 Å². The Morgan fingerprint density at radius 2 is 1.83 bits per heavy atom. The van der Waals surface area contributed by atoms with E-state index in [1.165, 1.54) is 37.0 Å². The van der Waals surface area contributed by atoms with Gasteiger partial charge in [-0.15, -0.1) is 11.3 Å². The van der Waals surface area contributed by atoms with Crippen LogP contribution in [0.1, 0.15) is 59.8 Å². The lowest BCUT2D eigenvalue weighted by Crippen LogP contribution is -2.46. The maximum Gasteiger partial charge on any atom is 0.253 e. The SMILES string of the molecule is CCNC(=NCc1ccc(C(=O)N(C)C)cc1)NCC1(c2cccs2)CCCCC1. The summed E-state index contributed by atoms with van der Waals surface area (Å²) in [6.07, 6.45) is 6.41. The third-order valence-corrected chi connectivity index (χ3v) is 6.94. The second kappa shape index (κ2) is 10.6. The number of carbonyl (C=O) groups excluding carboxylic acids is 1. The monoisotopic (exact) mass is 426 g/mol. The minimum Gasteiger partial charge on any atom is -0.357 e. The molecule has 0 unspecified atom stereocenters. The van der Waals surface area contributed by atoms with E-state index in [2.05, 4.69) is 35.1 Å². The average Bonchev–Trinajstić information content (AvgIpc) is 3.32. The molecule has 1 amide bonds. The van der Waals surface area contributed by atoms with Gasteiger partial charge >= 0.3 is 0 Å². The highest BCUT2D eigenvalue weighted by molar-refractivity contribution is 7.10. The fourth-order valence-electron chi connectivity index (χ4n) is 4.10. The van der Waals surface area contributed by atoms with Crippen molar-refractivity contribution in [2.45, 2.75) is 51.0 Å². The molecule has 1 aliphatic rings. The van der Waals surface area contributed by atoms with Crippen LogP contribution < -0.4 is 10.6 Å². The molecule has 30 heavy (non-hydrogen) atoms. The smallest absolute Gasteiger partial charge is 0.253 e. The Kier molecular flexibility index (Phi) is 7.91. The first-order chi connectivity index (χ1) is 14.5. The van der Waals surface area contributed by atoms with Gasteiger partial charge in [-0.25, -0.2) is 4.99 Å². The van der Waals surface area contributed by atoms with Crippen LogP contribution in [0.15, 0.2) is 46.8 Å². The first-order valence-electron chi connectivity index (χ1n) is 10.9. The molecule has 1 fully saturated rings. The van der Waals surface area contributed by atoms with Crippen molar-refractivity contribution in [1.29, 1.82) is 0 Å². The molecule has 1 heterocycles. The van der Waals surface area contributed by atoms with E-state index >= 15 is 0 Å². The molecule has 5 nitrogen and oxygen atoms in total. The van der Waals surface area contributed by atoms with Crippen LogP contribution in [0.25, 0.3) is 0 Å². The maximum atomic E-state index is 12.0. The van der Waals surface area contributed by atoms with Gasteiger partial charge in [0.2, 0.25) is 0 Å². The van der Waals surface area contributed by atoms with Crippen LogP contribution in [0.2, 0.25) is 0 Å². The van der Waals surface area contributed by atoms with Crippen molar-refractivity contribution in [3.05, 3.63) is 57.8 Å². The Bertz CT molecular complexity index is 821. The summed E-state index contributed by atoms with van der Waals surface area (Å²) in [6.45, 7) is 4.41. The van der Waals surface area contributed by atoms with Crippen molar-refractivity contribution in [2.24, 2.45) is 4.99 Å². The largest absolute Gasteiger partial charge is 0.357 e. The Balaban J connectivity index is 1.66. The highest BCUT2D eigenvalue weighted by Gasteiger charge is 2.34. The molecule has 6 heteroatoms. The van der Waals surface area contributed by atoms with Gasteiger partial charge < -0.3 is 15.5 Å². The molecule has 1 aromatic carbocycles. The first kappa shape index (κ1) is 22.3. The van der Waals surface area contributed by atoms with Crippen molar-refractivity contribution < 1.29 is 4.79 Å². The van der Waals surface area contributed by atoms with E-state index < -0.39 is 0 Å². The summed E-state index contributed by atoms with van der Waals surface area (Å²) in [5, 5.41) is 9.19. The Labute approximate surface area is 184 Å². The predicted octanol–water partition coefficient (Wildman–Crippen LogP) is 4.41. The summed E-state index contributed by atoms with van der Waals surface area (Å²) in [4.78, 5) is 19.9. The van der Waals surface area contributed by atoms with E-state index in [-0.39, 0.29) is 11.3 Å². The highest BCUT2D eigenvalue weighted by Crippen LogP contribution is 2.41. The number of hydrogen-bond acceptors (Lipinski definition) is 3. The lowest BCUT2D eigenvalue weighted by atomic mass is 9.73. The van der Waals surface area contributed by atoms with E-state index in [4.69, 9.17) is 4.99 Å². The maximum absolute atomic E-state index is 12.0. The van der Waals surface area contributed by atoms with Crippen LogP contribution in [0.4, 0.5) is 0 Å². The molecule has 0 atom stereocenters. The van der Waals surface area contributed by atoms with Crippen molar-refractivity contribution >= 4 is 23.2 Å². The van der Waals surface area contributed by atoms with Crippen LogP contribution >= 0.6 is 11.3 Å². The van der Waals surface area contributed by atoms with Crippen molar-refractivity contribution in [1.82, 2.24) is 15.5 Å². The fourth-order valence-corrected chi connectivity index (χ4v) is 5.08.